The molecule has 0 fully saturated rings. The van der Waals surface area contributed by atoms with Crippen LogP contribution in [0.2, 0.25) is 0 Å². The molecule has 0 aliphatic carbocycles. The predicted molar refractivity (Wildman–Crippen MR) is 87.9 cm³/mol. The van der Waals surface area contributed by atoms with Crippen LogP contribution in [0, 0.1) is 0 Å². The van der Waals surface area contributed by atoms with E-state index in [2.05, 4.69) is 0 Å². The summed E-state index contributed by atoms with van der Waals surface area (Å²) in [4.78, 5) is 12.3. The van der Waals surface area contributed by atoms with E-state index >= 15 is 0 Å². The molecule has 0 bridgehead atoms. The van der Waals surface area contributed by atoms with Crippen LogP contribution in [0.15, 0.2) is 30.3 Å². The summed E-state index contributed by atoms with van der Waals surface area (Å²) < 4.78 is 23.6. The van der Waals surface area contributed by atoms with Gasteiger partial charge in [-0.05, 0) is 46.0 Å². The fraction of sp³-hybridized carbons (Fsp3) is 0.533. The number of hydrogen-bond donors (Lipinski definition) is 0. The molecule has 0 N–H and O–H groups in total. The molecule has 0 heterocycles. The Balaban J connectivity index is 2.83. The fourth-order valence-electron chi connectivity index (χ4n) is 1.67. The Kier molecular flexibility index (Phi) is 7.14. The Morgan fingerprint density at radius 1 is 1.00 bits per heavy atom. The van der Waals surface area contributed by atoms with E-state index in [4.69, 9.17) is 9.05 Å². The van der Waals surface area contributed by atoms with E-state index in [9.17, 15) is 9.36 Å². The fourth-order valence-corrected chi connectivity index (χ4v) is 6.25. The maximum absolute atomic E-state index is 12.7. The lowest BCUT2D eigenvalue weighted by Crippen LogP contribution is -2.15. The van der Waals surface area contributed by atoms with Gasteiger partial charge in [0.2, 0.25) is 0 Å². The van der Waals surface area contributed by atoms with Crippen LogP contribution < -0.4 is 0 Å². The minimum Gasteiger partial charge on any atom is -0.298 e. The summed E-state index contributed by atoms with van der Waals surface area (Å²) in [6.45, 7) is 5.52. The molecule has 1 unspecified atom stereocenters. The van der Waals surface area contributed by atoms with Crippen molar-refractivity contribution in [2.75, 3.05) is 0 Å². The summed E-state index contributed by atoms with van der Waals surface area (Å²) in [6, 6.07) is 8.95. The van der Waals surface area contributed by atoms with Crippen molar-refractivity contribution in [2.24, 2.45) is 0 Å². The average Bonchev–Trinajstić information content (AvgIpc) is 2.36. The summed E-state index contributed by atoms with van der Waals surface area (Å²) >= 11 is 0.968. The quantitative estimate of drug-likeness (QED) is 0.498. The van der Waals surface area contributed by atoms with E-state index in [1.54, 1.807) is 58.9 Å². The third kappa shape index (κ3) is 6.35. The second-order valence-electron chi connectivity index (χ2n) is 5.23. The minimum absolute atomic E-state index is 0.0828. The summed E-state index contributed by atoms with van der Waals surface area (Å²) in [5.41, 5.74) is 0.596. The summed E-state index contributed by atoms with van der Waals surface area (Å²) in [7, 11) is 0. The van der Waals surface area contributed by atoms with Crippen molar-refractivity contribution in [2.45, 2.75) is 52.1 Å². The van der Waals surface area contributed by atoms with Gasteiger partial charge < -0.3 is 0 Å². The first-order chi connectivity index (χ1) is 9.73. The molecule has 0 radical (unpaired) electrons. The highest BCUT2D eigenvalue weighted by molar-refractivity contribution is 8.55. The van der Waals surface area contributed by atoms with Crippen LogP contribution >= 0.6 is 18.2 Å². The minimum atomic E-state index is -3.37. The number of Topliss-reactive ketones (excluding diaryl/α,β-unsaturated/α-hetero) is 1. The SMILES string of the molecule is CC(C)OP(=O)(OC(C)C)SC(C)C(=O)c1ccccc1. The van der Waals surface area contributed by atoms with Crippen molar-refractivity contribution in [3.63, 3.8) is 0 Å². The zero-order valence-electron chi connectivity index (χ0n) is 13.1. The van der Waals surface area contributed by atoms with Gasteiger partial charge in [0, 0.05) is 5.56 Å². The largest absolute Gasteiger partial charge is 0.390 e. The first-order valence-corrected chi connectivity index (χ1v) is 10.0. The second kappa shape index (κ2) is 8.14. The van der Waals surface area contributed by atoms with E-state index in [0.29, 0.717) is 5.56 Å². The number of carbonyl (C=O) groups is 1. The smallest absolute Gasteiger partial charge is 0.298 e. The molecular weight excluding hydrogens is 307 g/mol. The van der Waals surface area contributed by atoms with Gasteiger partial charge in [0.05, 0.1) is 17.5 Å². The second-order valence-corrected chi connectivity index (χ2v) is 9.44. The Bertz CT molecular complexity index is 488. The van der Waals surface area contributed by atoms with Gasteiger partial charge >= 0.3 is 6.80 Å². The van der Waals surface area contributed by atoms with Gasteiger partial charge in [-0.1, -0.05) is 30.3 Å². The van der Waals surface area contributed by atoms with Gasteiger partial charge in [0.15, 0.2) is 5.78 Å². The standard InChI is InChI=1S/C15H23O4PS/c1-11(2)18-20(17,19-12(3)4)21-13(5)15(16)14-9-7-6-8-10-14/h6-13H,1-5H3. The summed E-state index contributed by atoms with van der Waals surface area (Å²) in [5, 5.41) is -0.504. The third-order valence-electron chi connectivity index (χ3n) is 2.39. The molecule has 6 heteroatoms. The molecule has 0 aliphatic heterocycles. The monoisotopic (exact) mass is 330 g/mol. The normalized spacial score (nSPS) is 13.7. The Morgan fingerprint density at radius 3 is 1.90 bits per heavy atom. The van der Waals surface area contributed by atoms with Crippen LogP contribution in [0.25, 0.3) is 0 Å². The van der Waals surface area contributed by atoms with E-state index < -0.39 is 12.0 Å². The Hall–Kier alpha value is -0.610. The summed E-state index contributed by atoms with van der Waals surface area (Å²) in [5.74, 6) is -0.0828. The van der Waals surface area contributed by atoms with Crippen molar-refractivity contribution >= 4 is 24.0 Å². The van der Waals surface area contributed by atoms with Crippen molar-refractivity contribution in [3.05, 3.63) is 35.9 Å². The van der Waals surface area contributed by atoms with Crippen molar-refractivity contribution in [1.29, 1.82) is 0 Å². The van der Waals surface area contributed by atoms with Crippen molar-refractivity contribution in [1.82, 2.24) is 0 Å². The zero-order chi connectivity index (χ0) is 16.0. The van der Waals surface area contributed by atoms with Gasteiger partial charge in [-0.2, -0.15) is 0 Å². The molecule has 0 saturated heterocycles. The van der Waals surface area contributed by atoms with Crippen molar-refractivity contribution in [3.8, 4) is 0 Å². The van der Waals surface area contributed by atoms with Crippen LogP contribution in [-0.4, -0.2) is 23.2 Å². The van der Waals surface area contributed by atoms with Crippen LogP contribution in [0.5, 0.6) is 0 Å². The maximum atomic E-state index is 12.7. The number of carbonyl (C=O) groups excluding carboxylic acids is 1. The summed E-state index contributed by atoms with van der Waals surface area (Å²) in [6.07, 6.45) is -0.470. The third-order valence-corrected chi connectivity index (χ3v) is 6.78. The van der Waals surface area contributed by atoms with E-state index in [-0.39, 0.29) is 18.0 Å². The lowest BCUT2D eigenvalue weighted by molar-refractivity contribution is 0.0992. The number of hydrogen-bond acceptors (Lipinski definition) is 5. The molecular formula is C15H23O4PS. The predicted octanol–water partition coefficient (Wildman–Crippen LogP) is 4.95. The molecule has 1 rings (SSSR count). The Labute approximate surface area is 130 Å². The molecule has 0 aliphatic rings. The number of ketones is 1. The highest BCUT2D eigenvalue weighted by Gasteiger charge is 2.33. The van der Waals surface area contributed by atoms with Gasteiger partial charge in [0.25, 0.3) is 0 Å². The first kappa shape index (κ1) is 18.4. The number of benzene rings is 1. The van der Waals surface area contributed by atoms with Gasteiger partial charge in [0.1, 0.15) is 0 Å². The zero-order valence-corrected chi connectivity index (χ0v) is 14.8. The van der Waals surface area contributed by atoms with Crippen molar-refractivity contribution < 1.29 is 18.4 Å². The molecule has 118 valence electrons. The molecule has 0 aromatic heterocycles. The average molecular weight is 330 g/mol. The molecule has 0 amide bonds. The molecule has 1 aromatic carbocycles. The Morgan fingerprint density at radius 2 is 1.48 bits per heavy atom. The van der Waals surface area contributed by atoms with Crippen LogP contribution in [0.4, 0.5) is 0 Å². The lowest BCUT2D eigenvalue weighted by Gasteiger charge is -2.23. The van der Waals surface area contributed by atoms with Crippen LogP contribution in [0.3, 0.4) is 0 Å². The maximum Gasteiger partial charge on any atom is 0.390 e. The molecule has 4 nitrogen and oxygen atoms in total. The molecule has 1 atom stereocenters. The van der Waals surface area contributed by atoms with Gasteiger partial charge in [-0.25, -0.2) is 4.57 Å². The first-order valence-electron chi connectivity index (χ1n) is 6.98. The molecule has 21 heavy (non-hydrogen) atoms. The van der Waals surface area contributed by atoms with E-state index in [0.717, 1.165) is 11.4 Å². The topological polar surface area (TPSA) is 52.6 Å². The lowest BCUT2D eigenvalue weighted by atomic mass is 10.1. The molecule has 0 saturated carbocycles. The molecule has 0 spiro atoms. The van der Waals surface area contributed by atoms with E-state index in [1.807, 2.05) is 6.07 Å². The highest BCUT2D eigenvalue weighted by atomic mass is 32.7. The molecule has 1 aromatic rings. The van der Waals surface area contributed by atoms with Gasteiger partial charge in [-0.3, -0.25) is 13.8 Å². The van der Waals surface area contributed by atoms with Crippen LogP contribution in [-0.2, 0) is 13.6 Å². The van der Waals surface area contributed by atoms with E-state index in [1.165, 1.54) is 0 Å². The van der Waals surface area contributed by atoms with Crippen LogP contribution in [0.1, 0.15) is 45.0 Å². The van der Waals surface area contributed by atoms with Gasteiger partial charge in [-0.15, -0.1) is 0 Å². The number of rotatable bonds is 8. The highest BCUT2D eigenvalue weighted by Crippen LogP contribution is 2.64.